The van der Waals surface area contributed by atoms with Gasteiger partial charge in [-0.2, -0.15) is 17.0 Å². The summed E-state index contributed by atoms with van der Waals surface area (Å²) in [4.78, 5) is 26.3. The third kappa shape index (κ3) is 6.27. The molecule has 2 amide bonds. The van der Waals surface area contributed by atoms with Crippen molar-refractivity contribution in [3.63, 3.8) is 0 Å². The number of carbonyl (C=O) groups excluding carboxylic acids is 2. The highest BCUT2D eigenvalue weighted by molar-refractivity contribution is 7.86. The largest absolute Gasteiger partial charge is 0.349 e. The Morgan fingerprint density at radius 2 is 1.45 bits per heavy atom. The van der Waals surface area contributed by atoms with E-state index in [2.05, 4.69) is 5.32 Å². The van der Waals surface area contributed by atoms with Gasteiger partial charge in [0.1, 0.15) is 0 Å². The van der Waals surface area contributed by atoms with Crippen molar-refractivity contribution in [3.8, 4) is 0 Å². The second-order valence-corrected chi connectivity index (χ2v) is 10.4. The maximum Gasteiger partial charge on any atom is 0.282 e. The lowest BCUT2D eigenvalue weighted by atomic mass is 10.0. The summed E-state index contributed by atoms with van der Waals surface area (Å²) in [7, 11) is -3.47. The number of hydrogen-bond donors (Lipinski definition) is 1. The third-order valence-corrected chi connectivity index (χ3v) is 8.08. The van der Waals surface area contributed by atoms with E-state index in [-0.39, 0.29) is 18.2 Å². The number of aryl methyl sites for hydroxylation is 1. The van der Waals surface area contributed by atoms with Crippen molar-refractivity contribution in [2.75, 3.05) is 39.3 Å². The van der Waals surface area contributed by atoms with Gasteiger partial charge in [-0.3, -0.25) is 9.59 Å². The predicted molar refractivity (Wildman–Crippen MR) is 119 cm³/mol. The van der Waals surface area contributed by atoms with Gasteiger partial charge < -0.3 is 10.2 Å². The molecule has 1 N–H and O–H groups in total. The van der Waals surface area contributed by atoms with E-state index in [9.17, 15) is 18.0 Å². The highest BCUT2D eigenvalue weighted by Gasteiger charge is 2.34. The van der Waals surface area contributed by atoms with E-state index in [0.717, 1.165) is 36.8 Å². The van der Waals surface area contributed by atoms with Crippen LogP contribution in [0.5, 0.6) is 0 Å². The van der Waals surface area contributed by atoms with Gasteiger partial charge >= 0.3 is 0 Å². The maximum atomic E-state index is 13.0. The number of carbonyl (C=O) groups is 2. The van der Waals surface area contributed by atoms with Crippen LogP contribution in [-0.4, -0.2) is 73.0 Å². The zero-order valence-corrected chi connectivity index (χ0v) is 19.4. The number of hydrogen-bond acceptors (Lipinski definition) is 4. The van der Waals surface area contributed by atoms with Gasteiger partial charge in [-0.25, -0.2) is 0 Å². The molecule has 1 aromatic rings. The minimum Gasteiger partial charge on any atom is -0.349 e. The fourth-order valence-electron chi connectivity index (χ4n) is 4.20. The number of benzene rings is 1. The summed E-state index contributed by atoms with van der Waals surface area (Å²) < 4.78 is 29.1. The number of piperazine rings is 1. The molecule has 0 aromatic heterocycles. The van der Waals surface area contributed by atoms with E-state index in [0.29, 0.717) is 39.3 Å². The van der Waals surface area contributed by atoms with E-state index in [1.54, 1.807) is 9.21 Å². The molecule has 2 aliphatic rings. The fraction of sp³-hybridized carbons (Fsp3) is 0.636. The lowest BCUT2D eigenvalue weighted by molar-refractivity contribution is -0.133. The lowest BCUT2D eigenvalue weighted by Crippen LogP contribution is -2.54. The van der Waals surface area contributed by atoms with Crippen LogP contribution in [0.25, 0.3) is 0 Å². The molecular weight excluding hydrogens is 416 g/mol. The Balaban J connectivity index is 1.59. The standard InChI is InChI=1S/C22H34N4O4S/c1-18-7-9-20(10-8-18)21(23-19(2)27)17-22(28)24-13-15-26(16-14-24)31(29,30)25-11-5-3-4-6-12-25/h7-10,21H,3-6,11-17H2,1-2H3,(H,23,27). The average Bonchev–Trinajstić information content (AvgIpc) is 3.04. The van der Waals surface area contributed by atoms with Crippen LogP contribution >= 0.6 is 0 Å². The zero-order valence-electron chi connectivity index (χ0n) is 18.5. The zero-order chi connectivity index (χ0) is 22.4. The molecule has 1 unspecified atom stereocenters. The molecule has 31 heavy (non-hydrogen) atoms. The Bertz CT molecular complexity index is 856. The second-order valence-electron chi connectivity index (χ2n) is 8.47. The van der Waals surface area contributed by atoms with Crippen molar-refractivity contribution < 1.29 is 18.0 Å². The van der Waals surface area contributed by atoms with Crippen molar-refractivity contribution in [1.29, 1.82) is 0 Å². The third-order valence-electron chi connectivity index (χ3n) is 6.04. The molecule has 2 saturated heterocycles. The maximum absolute atomic E-state index is 13.0. The number of amides is 2. The molecule has 8 nitrogen and oxygen atoms in total. The van der Waals surface area contributed by atoms with Crippen molar-refractivity contribution in [3.05, 3.63) is 35.4 Å². The van der Waals surface area contributed by atoms with E-state index < -0.39 is 16.3 Å². The smallest absolute Gasteiger partial charge is 0.282 e. The first-order valence-corrected chi connectivity index (χ1v) is 12.5. The summed E-state index contributed by atoms with van der Waals surface area (Å²) in [5, 5.41) is 2.87. The van der Waals surface area contributed by atoms with Gasteiger partial charge in [0, 0.05) is 46.2 Å². The Morgan fingerprint density at radius 1 is 0.903 bits per heavy atom. The Hall–Kier alpha value is -1.97. The summed E-state index contributed by atoms with van der Waals surface area (Å²) in [6, 6.07) is 7.37. The van der Waals surface area contributed by atoms with Crippen molar-refractivity contribution in [2.24, 2.45) is 0 Å². The molecule has 0 spiro atoms. The minimum atomic E-state index is -3.47. The normalized spacial score (nSPS) is 20.1. The molecule has 2 heterocycles. The van der Waals surface area contributed by atoms with Crippen molar-refractivity contribution in [2.45, 2.75) is 52.0 Å². The minimum absolute atomic E-state index is 0.0776. The molecule has 1 aromatic carbocycles. The summed E-state index contributed by atoms with van der Waals surface area (Å²) in [6.45, 7) is 5.94. The monoisotopic (exact) mass is 450 g/mol. The van der Waals surface area contributed by atoms with Gasteiger partial charge in [-0.05, 0) is 25.3 Å². The first-order valence-electron chi connectivity index (χ1n) is 11.1. The molecule has 0 bridgehead atoms. The van der Waals surface area contributed by atoms with E-state index in [4.69, 9.17) is 0 Å². The van der Waals surface area contributed by atoms with Gasteiger partial charge in [-0.1, -0.05) is 42.7 Å². The lowest BCUT2D eigenvalue weighted by Gasteiger charge is -2.37. The molecule has 9 heteroatoms. The molecular formula is C22H34N4O4S. The van der Waals surface area contributed by atoms with Crippen LogP contribution in [0.3, 0.4) is 0 Å². The number of nitrogens with zero attached hydrogens (tertiary/aromatic N) is 3. The van der Waals surface area contributed by atoms with Crippen LogP contribution in [0.1, 0.15) is 56.2 Å². The van der Waals surface area contributed by atoms with Crippen LogP contribution in [0.2, 0.25) is 0 Å². The first-order chi connectivity index (χ1) is 14.8. The summed E-state index contributed by atoms with van der Waals surface area (Å²) in [6.07, 6.45) is 4.11. The summed E-state index contributed by atoms with van der Waals surface area (Å²) in [5.41, 5.74) is 2.00. The molecule has 1 atom stereocenters. The summed E-state index contributed by atoms with van der Waals surface area (Å²) >= 11 is 0. The molecule has 172 valence electrons. The van der Waals surface area contributed by atoms with E-state index in [1.807, 2.05) is 31.2 Å². The number of nitrogens with one attached hydrogen (secondary N) is 1. The van der Waals surface area contributed by atoms with Gasteiger partial charge in [0.25, 0.3) is 10.2 Å². The Labute approximate surface area is 185 Å². The quantitative estimate of drug-likeness (QED) is 0.716. The topological polar surface area (TPSA) is 90.0 Å². The highest BCUT2D eigenvalue weighted by atomic mass is 32.2. The SMILES string of the molecule is CC(=O)NC(CC(=O)N1CCN(S(=O)(=O)N2CCCCCC2)CC1)c1ccc(C)cc1. The van der Waals surface area contributed by atoms with Crippen LogP contribution in [-0.2, 0) is 19.8 Å². The van der Waals surface area contributed by atoms with Crippen molar-refractivity contribution in [1.82, 2.24) is 18.8 Å². The van der Waals surface area contributed by atoms with Gasteiger partial charge in [-0.15, -0.1) is 0 Å². The predicted octanol–water partition coefficient (Wildman–Crippen LogP) is 1.83. The second kappa shape index (κ2) is 10.6. The highest BCUT2D eigenvalue weighted by Crippen LogP contribution is 2.21. The van der Waals surface area contributed by atoms with Gasteiger partial charge in [0.15, 0.2) is 0 Å². The van der Waals surface area contributed by atoms with Crippen LogP contribution < -0.4 is 5.32 Å². The fourth-order valence-corrected chi connectivity index (χ4v) is 5.87. The van der Waals surface area contributed by atoms with Crippen LogP contribution in [0.15, 0.2) is 24.3 Å². The molecule has 0 radical (unpaired) electrons. The summed E-state index contributed by atoms with van der Waals surface area (Å²) in [5.74, 6) is -0.266. The molecule has 3 rings (SSSR count). The number of rotatable bonds is 6. The van der Waals surface area contributed by atoms with E-state index in [1.165, 1.54) is 11.2 Å². The van der Waals surface area contributed by atoms with Gasteiger partial charge in [0.2, 0.25) is 11.8 Å². The average molecular weight is 451 g/mol. The Kier molecular flexibility index (Phi) is 8.07. The molecule has 0 aliphatic carbocycles. The first kappa shape index (κ1) is 23.7. The van der Waals surface area contributed by atoms with E-state index >= 15 is 0 Å². The molecule has 0 saturated carbocycles. The van der Waals surface area contributed by atoms with Crippen LogP contribution in [0, 0.1) is 6.92 Å². The Morgan fingerprint density at radius 3 is 2.00 bits per heavy atom. The molecule has 2 aliphatic heterocycles. The van der Waals surface area contributed by atoms with Gasteiger partial charge in [0.05, 0.1) is 12.5 Å². The van der Waals surface area contributed by atoms with Crippen LogP contribution in [0.4, 0.5) is 0 Å². The molecule has 2 fully saturated rings. The van der Waals surface area contributed by atoms with Crippen molar-refractivity contribution >= 4 is 22.0 Å².